The van der Waals surface area contributed by atoms with Crippen LogP contribution in [0.25, 0.3) is 23.0 Å². The number of amides is 1. The molecule has 2 aromatic carbocycles. The molecule has 0 unspecified atom stereocenters. The Morgan fingerprint density at radius 3 is 2.67 bits per heavy atom. The third-order valence-corrected chi connectivity index (χ3v) is 6.53. The van der Waals surface area contributed by atoms with Crippen LogP contribution in [0.4, 0.5) is 0 Å². The van der Waals surface area contributed by atoms with Crippen molar-refractivity contribution in [1.29, 1.82) is 0 Å². The van der Waals surface area contributed by atoms with E-state index in [-0.39, 0.29) is 18.9 Å². The molecule has 0 atom stereocenters. The molecule has 9 heteroatoms. The van der Waals surface area contributed by atoms with Crippen molar-refractivity contribution in [3.8, 4) is 22.7 Å². The number of para-hydroxylation sites is 1. The molecule has 1 aliphatic rings. The number of aromatic nitrogens is 2. The van der Waals surface area contributed by atoms with Gasteiger partial charge in [-0.3, -0.25) is 9.69 Å². The van der Waals surface area contributed by atoms with Gasteiger partial charge in [0.1, 0.15) is 15.8 Å². The Balaban J connectivity index is 1.77. The largest absolute Gasteiger partial charge is 0.550 e. The van der Waals surface area contributed by atoms with E-state index in [4.69, 9.17) is 22.1 Å². The van der Waals surface area contributed by atoms with Crippen LogP contribution in [0.15, 0.2) is 59.6 Å². The van der Waals surface area contributed by atoms with Gasteiger partial charge in [0.15, 0.2) is 0 Å². The summed E-state index contributed by atoms with van der Waals surface area (Å²) in [6, 6.07) is 15.4. The normalized spacial score (nSPS) is 14.8. The van der Waals surface area contributed by atoms with Crippen LogP contribution in [-0.4, -0.2) is 44.5 Å². The highest BCUT2D eigenvalue weighted by Crippen LogP contribution is 2.36. The molecular formula is C24H20N3O4S2-. The Kier molecular flexibility index (Phi) is 6.62. The smallest absolute Gasteiger partial charge is 0.266 e. The zero-order valence-electron chi connectivity index (χ0n) is 18.0. The van der Waals surface area contributed by atoms with E-state index < -0.39 is 5.97 Å². The van der Waals surface area contributed by atoms with E-state index in [1.165, 1.54) is 4.90 Å². The van der Waals surface area contributed by atoms with Crippen LogP contribution in [0, 0.1) is 6.92 Å². The van der Waals surface area contributed by atoms with Gasteiger partial charge in [0.2, 0.25) is 0 Å². The summed E-state index contributed by atoms with van der Waals surface area (Å²) in [5, 5.41) is 15.6. The topological polar surface area (TPSA) is 87.5 Å². The van der Waals surface area contributed by atoms with Crippen LogP contribution in [0.5, 0.6) is 5.75 Å². The molecule has 168 valence electrons. The number of nitrogens with zero attached hydrogens (tertiary/aromatic N) is 3. The summed E-state index contributed by atoms with van der Waals surface area (Å²) in [7, 11) is 1.62. The number of rotatable bonds is 7. The van der Waals surface area contributed by atoms with Gasteiger partial charge in [0.25, 0.3) is 5.91 Å². The van der Waals surface area contributed by atoms with Crippen LogP contribution >= 0.6 is 24.0 Å². The molecule has 1 amide bonds. The summed E-state index contributed by atoms with van der Waals surface area (Å²) in [5.41, 5.74) is 4.21. The summed E-state index contributed by atoms with van der Waals surface area (Å²) >= 11 is 6.44. The molecule has 4 rings (SSSR count). The van der Waals surface area contributed by atoms with E-state index in [0.29, 0.717) is 14.9 Å². The summed E-state index contributed by atoms with van der Waals surface area (Å²) in [4.78, 5) is 25.4. The average molecular weight is 479 g/mol. The number of methoxy groups -OCH3 is 1. The minimum Gasteiger partial charge on any atom is -0.550 e. The van der Waals surface area contributed by atoms with E-state index in [9.17, 15) is 14.7 Å². The number of thioether (sulfide) groups is 1. The molecule has 3 aromatic rings. The van der Waals surface area contributed by atoms with Gasteiger partial charge < -0.3 is 14.6 Å². The number of hydrogen-bond donors (Lipinski definition) is 0. The fourth-order valence-corrected chi connectivity index (χ4v) is 4.78. The van der Waals surface area contributed by atoms with Crippen molar-refractivity contribution in [3.05, 3.63) is 70.8 Å². The fourth-order valence-electron chi connectivity index (χ4n) is 3.48. The maximum Gasteiger partial charge on any atom is 0.266 e. The van der Waals surface area contributed by atoms with Crippen LogP contribution < -0.4 is 9.84 Å². The number of aliphatic carboxylic acids is 1. The van der Waals surface area contributed by atoms with Crippen molar-refractivity contribution >= 4 is 46.3 Å². The van der Waals surface area contributed by atoms with Crippen LogP contribution in [0.2, 0.25) is 0 Å². The Labute approximate surface area is 200 Å². The lowest BCUT2D eigenvalue weighted by atomic mass is 10.0. The lowest BCUT2D eigenvalue weighted by Crippen LogP contribution is -2.33. The molecule has 0 bridgehead atoms. The molecule has 1 aliphatic heterocycles. The van der Waals surface area contributed by atoms with E-state index in [1.54, 1.807) is 17.9 Å². The Morgan fingerprint density at radius 1 is 1.24 bits per heavy atom. The SMILES string of the molecule is COc1ccc(-c2nn(-c3ccccc3)cc2/C=C2\SC(=S)N(CCC(=O)[O-])C2=O)c(C)c1. The Hall–Kier alpha value is -3.43. The quantitative estimate of drug-likeness (QED) is 0.381. The molecule has 1 fully saturated rings. The van der Waals surface area contributed by atoms with Gasteiger partial charge in [-0.1, -0.05) is 42.2 Å². The van der Waals surface area contributed by atoms with Crippen LogP contribution in [0.1, 0.15) is 17.5 Å². The third-order valence-electron chi connectivity index (χ3n) is 5.15. The number of benzene rings is 2. The molecule has 0 spiro atoms. The van der Waals surface area contributed by atoms with Crippen LogP contribution in [-0.2, 0) is 9.59 Å². The minimum atomic E-state index is -1.23. The first-order chi connectivity index (χ1) is 15.9. The van der Waals surface area contributed by atoms with Crippen molar-refractivity contribution in [1.82, 2.24) is 14.7 Å². The lowest BCUT2D eigenvalue weighted by molar-refractivity contribution is -0.305. The first-order valence-electron chi connectivity index (χ1n) is 10.1. The molecule has 1 saturated heterocycles. The second-order valence-corrected chi connectivity index (χ2v) is 9.03. The van der Waals surface area contributed by atoms with Crippen molar-refractivity contribution in [2.45, 2.75) is 13.3 Å². The first kappa shape index (κ1) is 22.8. The number of thiocarbonyl (C=S) groups is 1. The second-order valence-electron chi connectivity index (χ2n) is 7.35. The predicted molar refractivity (Wildman–Crippen MR) is 130 cm³/mol. The molecule has 33 heavy (non-hydrogen) atoms. The summed E-state index contributed by atoms with van der Waals surface area (Å²) in [6.45, 7) is 1.96. The van der Waals surface area contributed by atoms with Crippen molar-refractivity contribution in [3.63, 3.8) is 0 Å². The summed E-state index contributed by atoms with van der Waals surface area (Å²) < 4.78 is 7.41. The second kappa shape index (κ2) is 9.60. The van der Waals surface area contributed by atoms with E-state index in [1.807, 2.05) is 61.7 Å². The highest BCUT2D eigenvalue weighted by atomic mass is 32.2. The van der Waals surface area contributed by atoms with Crippen LogP contribution in [0.3, 0.4) is 0 Å². The zero-order valence-corrected chi connectivity index (χ0v) is 19.6. The van der Waals surface area contributed by atoms with E-state index in [2.05, 4.69) is 0 Å². The Morgan fingerprint density at radius 2 is 2.00 bits per heavy atom. The van der Waals surface area contributed by atoms with E-state index in [0.717, 1.165) is 39.9 Å². The number of ether oxygens (including phenoxy) is 1. The fraction of sp³-hybridized carbons (Fsp3) is 0.167. The molecule has 0 saturated carbocycles. The molecule has 0 N–H and O–H groups in total. The standard InChI is InChI=1S/C24H21N3O4S2/c1-15-12-18(31-2)8-9-19(15)22-16(14-27(25-22)17-6-4-3-5-7-17)13-20-23(30)26(24(32)33-20)11-10-21(28)29/h3-9,12-14H,10-11H2,1-2H3,(H,28,29)/p-1/b20-13-. The highest BCUT2D eigenvalue weighted by molar-refractivity contribution is 8.26. The molecule has 1 aromatic heterocycles. The number of carbonyl (C=O) groups excluding carboxylic acids is 2. The monoisotopic (exact) mass is 478 g/mol. The van der Waals surface area contributed by atoms with Gasteiger partial charge >= 0.3 is 0 Å². The molecule has 0 radical (unpaired) electrons. The van der Waals surface area contributed by atoms with E-state index >= 15 is 0 Å². The molecule has 7 nitrogen and oxygen atoms in total. The minimum absolute atomic E-state index is 0.0158. The first-order valence-corrected chi connectivity index (χ1v) is 11.3. The Bertz CT molecular complexity index is 1270. The average Bonchev–Trinajstić information content (AvgIpc) is 3.33. The highest BCUT2D eigenvalue weighted by Gasteiger charge is 2.32. The van der Waals surface area contributed by atoms with Gasteiger partial charge in [0, 0.05) is 36.3 Å². The predicted octanol–water partition coefficient (Wildman–Crippen LogP) is 3.20. The summed E-state index contributed by atoms with van der Waals surface area (Å²) in [6.07, 6.45) is 3.34. The summed E-state index contributed by atoms with van der Waals surface area (Å²) in [5.74, 6) is -0.806. The van der Waals surface area contributed by atoms with Crippen molar-refractivity contribution in [2.75, 3.05) is 13.7 Å². The molecule has 2 heterocycles. The third kappa shape index (κ3) is 4.84. The van der Waals surface area contributed by atoms with Gasteiger partial charge in [-0.05, 0) is 48.9 Å². The lowest BCUT2D eigenvalue weighted by Gasteiger charge is -2.14. The van der Waals surface area contributed by atoms with Crippen molar-refractivity contribution < 1.29 is 19.4 Å². The van der Waals surface area contributed by atoms with Gasteiger partial charge in [-0.25, -0.2) is 4.68 Å². The molecular weight excluding hydrogens is 458 g/mol. The maximum absolute atomic E-state index is 12.9. The number of hydrogen-bond acceptors (Lipinski definition) is 7. The van der Waals surface area contributed by atoms with Gasteiger partial charge in [-0.2, -0.15) is 5.10 Å². The van der Waals surface area contributed by atoms with Gasteiger partial charge in [0.05, 0.1) is 17.7 Å². The number of carboxylic acids is 1. The number of carboxylic acid groups (broad SMARTS) is 1. The zero-order chi connectivity index (χ0) is 23.5. The van der Waals surface area contributed by atoms with Crippen molar-refractivity contribution in [2.24, 2.45) is 0 Å². The number of aryl methyl sites for hydroxylation is 1. The van der Waals surface area contributed by atoms with Gasteiger partial charge in [-0.15, -0.1) is 0 Å². The maximum atomic E-state index is 12.9. The number of carbonyl (C=O) groups is 2. The molecule has 0 aliphatic carbocycles.